The van der Waals surface area contributed by atoms with E-state index < -0.39 is 54.3 Å². The molecule has 638 valence electrons. The minimum atomic E-state index is -4.70. The highest BCUT2D eigenvalue weighted by molar-refractivity contribution is 6.34. The topological polar surface area (TPSA) is 276 Å². The number of nitrogens with one attached hydrogen (secondary N) is 6. The van der Waals surface area contributed by atoms with Crippen LogP contribution in [0.4, 0.5) is 39.5 Å². The molecule has 0 radical (unpaired) electrons. The van der Waals surface area contributed by atoms with Crippen LogP contribution in [0.3, 0.4) is 0 Å². The van der Waals surface area contributed by atoms with E-state index in [1.807, 2.05) is 69.5 Å². The third-order valence-corrected chi connectivity index (χ3v) is 24.3. The van der Waals surface area contributed by atoms with Gasteiger partial charge >= 0.3 is 6.18 Å². The van der Waals surface area contributed by atoms with E-state index in [4.69, 9.17) is 45.0 Å². The molecule has 36 heteroatoms. The molecule has 4 saturated carbocycles. The summed E-state index contributed by atoms with van der Waals surface area (Å²) in [4.78, 5) is 67.7. The predicted octanol–water partition coefficient (Wildman–Crippen LogP) is 16.1. The number of likely N-dealkylation sites (tertiary alicyclic amines) is 3. The van der Waals surface area contributed by atoms with Crippen LogP contribution in [0.25, 0.3) is 33.8 Å². The van der Waals surface area contributed by atoms with Gasteiger partial charge in [0.25, 0.3) is 35.5 Å². The van der Waals surface area contributed by atoms with Crippen molar-refractivity contribution in [3.05, 3.63) is 141 Å². The minimum Gasteiger partial charge on any atom is -0.353 e. The number of piperidine rings is 3. The van der Waals surface area contributed by atoms with Gasteiger partial charge in [0.1, 0.15) is 17.5 Å². The van der Waals surface area contributed by atoms with Crippen molar-refractivity contribution in [1.29, 1.82) is 0 Å². The van der Waals surface area contributed by atoms with Crippen LogP contribution in [0.15, 0.2) is 85.2 Å². The van der Waals surface area contributed by atoms with Gasteiger partial charge in [-0.1, -0.05) is 110 Å². The van der Waals surface area contributed by atoms with E-state index in [1.165, 1.54) is 0 Å². The number of amides is 4. The Morgan fingerprint density at radius 3 is 1.25 bits per heavy atom. The lowest BCUT2D eigenvalue weighted by molar-refractivity contribution is -0.144. The van der Waals surface area contributed by atoms with Crippen LogP contribution in [0.1, 0.15) is 233 Å². The molecular weight excluding hydrogens is 1610 g/mol. The second-order valence-electron chi connectivity index (χ2n) is 32.6. The number of pyridine rings is 1. The summed E-state index contributed by atoms with van der Waals surface area (Å²) >= 11 is 19.5. The summed E-state index contributed by atoms with van der Waals surface area (Å²) in [5.74, 6) is -9.50. The molecule has 2 aromatic carbocycles. The molecule has 4 aliphatic carbocycles. The average Bonchev–Trinajstić information content (AvgIpc) is 1.65. The maximum Gasteiger partial charge on any atom is 0.451 e. The molecule has 9 heterocycles. The van der Waals surface area contributed by atoms with Gasteiger partial charge < -0.3 is 31.2 Å². The number of halogens is 12. The molecule has 24 nitrogen and oxygen atoms in total. The molecule has 4 amide bonds. The quantitative estimate of drug-likeness (QED) is 0.0249. The molecule has 8 aromatic rings. The lowest BCUT2D eigenvalue weighted by atomic mass is 9.93. The van der Waals surface area contributed by atoms with E-state index in [-0.39, 0.29) is 123 Å². The van der Waals surface area contributed by atoms with Gasteiger partial charge in [0.2, 0.25) is 11.7 Å². The zero-order valence-corrected chi connectivity index (χ0v) is 68.3. The second-order valence-corrected chi connectivity index (χ2v) is 33.8. The number of carbonyl (C=O) groups excluding carboxylic acids is 4. The SMILES string of the molecule is Cc1nnc(C[C@H](CCN2CCCC(F)(F)C2)NC(=O)c2cc(-c3ccccc3Cl)n(C3CCCC3)n2)[nH]1.O=C(C[C@H](CCN1CCCC(F)(F)C1)NC(=O)c1cc(-c2ccncc2Cl)n(C2CCCC2)n1)NC1CCC1.O=C(N[C@@H](CCN1CCCC(F)(F)C1)Cc1nnc(C(F)(F)F)[nH]1)c1cc(-c2ccccc2Cl)n(C2CCCC2)n1. The van der Waals surface area contributed by atoms with Crippen LogP contribution in [-0.4, -0.2) is 204 Å². The Morgan fingerprint density at radius 1 is 0.492 bits per heavy atom. The summed E-state index contributed by atoms with van der Waals surface area (Å²) < 4.78 is 129. The molecule has 118 heavy (non-hydrogen) atoms. The van der Waals surface area contributed by atoms with Gasteiger partial charge in [-0.2, -0.15) is 28.5 Å². The van der Waals surface area contributed by atoms with Crippen molar-refractivity contribution < 1.29 is 58.7 Å². The fourth-order valence-corrected chi connectivity index (χ4v) is 17.7. The van der Waals surface area contributed by atoms with E-state index in [1.54, 1.807) is 51.4 Å². The predicted molar refractivity (Wildman–Crippen MR) is 428 cm³/mol. The first-order chi connectivity index (χ1) is 56.5. The van der Waals surface area contributed by atoms with Crippen molar-refractivity contribution in [3.63, 3.8) is 0 Å². The Bertz CT molecular complexity index is 4680. The Labute approximate surface area is 694 Å². The first-order valence-electron chi connectivity index (χ1n) is 41.3. The zero-order chi connectivity index (χ0) is 83.3. The van der Waals surface area contributed by atoms with Gasteiger partial charge in [0.05, 0.1) is 59.9 Å². The Morgan fingerprint density at radius 2 is 0.881 bits per heavy atom. The van der Waals surface area contributed by atoms with Crippen molar-refractivity contribution in [2.45, 2.75) is 247 Å². The molecule has 3 atom stereocenters. The first-order valence-corrected chi connectivity index (χ1v) is 42.4. The van der Waals surface area contributed by atoms with Gasteiger partial charge in [-0.25, -0.2) is 26.3 Å². The molecule has 3 saturated heterocycles. The first kappa shape index (κ1) is 87.3. The molecule has 7 aliphatic rings. The summed E-state index contributed by atoms with van der Waals surface area (Å²) in [6.45, 7) is 3.63. The number of aromatic nitrogens is 13. The molecule has 3 aliphatic heterocycles. The van der Waals surface area contributed by atoms with Crippen molar-refractivity contribution in [2.24, 2.45) is 0 Å². The maximum absolute atomic E-state index is 13.9. The summed E-state index contributed by atoms with van der Waals surface area (Å²) in [6.07, 6.45) is 16.3. The van der Waals surface area contributed by atoms with Crippen LogP contribution in [0, 0.1) is 6.92 Å². The fourth-order valence-electron chi connectivity index (χ4n) is 17.0. The molecule has 0 spiro atoms. The van der Waals surface area contributed by atoms with E-state index >= 15 is 0 Å². The van der Waals surface area contributed by atoms with Crippen LogP contribution in [-0.2, 0) is 23.8 Å². The molecule has 0 unspecified atom stereocenters. The number of carbonyl (C=O) groups is 4. The molecule has 6 N–H and O–H groups in total. The summed E-state index contributed by atoms with van der Waals surface area (Å²) in [5, 5.41) is 42.6. The number of H-pyrrole nitrogens is 2. The van der Waals surface area contributed by atoms with Crippen LogP contribution < -0.4 is 21.3 Å². The third-order valence-electron chi connectivity index (χ3n) is 23.3. The molecule has 15 rings (SSSR count). The van der Waals surface area contributed by atoms with Crippen molar-refractivity contribution in [1.82, 2.24) is 101 Å². The number of rotatable bonds is 28. The summed E-state index contributed by atoms with van der Waals surface area (Å²) in [5.41, 5.74) is 5.31. The third kappa shape index (κ3) is 23.8. The zero-order valence-electron chi connectivity index (χ0n) is 66.0. The largest absolute Gasteiger partial charge is 0.451 e. The number of alkyl halides is 9. The van der Waals surface area contributed by atoms with E-state index in [9.17, 15) is 58.7 Å². The number of benzene rings is 2. The molecule has 6 aromatic heterocycles. The average molecular weight is 1710 g/mol. The monoisotopic (exact) mass is 1710 g/mol. The molecular formula is C82H102Cl3F9N20O4. The summed E-state index contributed by atoms with van der Waals surface area (Å²) in [6, 6.07) is 21.0. The highest BCUT2D eigenvalue weighted by Crippen LogP contribution is 2.41. The highest BCUT2D eigenvalue weighted by Gasteiger charge is 2.41. The Balaban J connectivity index is 0.000000154. The number of aryl methyl sites for hydroxylation is 1. The van der Waals surface area contributed by atoms with Gasteiger partial charge in [0, 0.05) is 121 Å². The number of hydrogen-bond donors (Lipinski definition) is 6. The fraction of sp³-hybridized carbons (Fsp3) is 0.585. The lowest BCUT2D eigenvalue weighted by Gasteiger charge is -2.33. The standard InChI is InChI=1S/C28H37ClF2N6O2.C27H31ClF5N7O.C27H34ClF2N7O/c29-23-17-32-12-9-22(23)25-16-24(35-37(25)21-7-1-2-8-21)27(39)34-20(15-26(38)33-19-5-3-6-19)10-14-36-13-4-11-28(30,31)18-36;28-20-9-4-3-8-19(20)22-15-21(38-40(22)18-6-1-2-7-18)24(41)34-17(10-13-39-12-5-11-26(29,30)16-39)14-23-35-25(37-36-23)27(31,32)33;1-18-31-25(34-33-18)15-19(11-14-36-13-6-12-27(29,30)17-36)32-26(38)23-16-24(21-9-4-5-10-22(21)28)37(35-23)20-7-2-3-8-20/h9,12,16-17,19-21H,1-8,10-11,13-15,18H2,(H,33,38)(H,34,39);3-4,8-9,15,17-18H,1-2,5-7,10-14,16H2,(H,34,41)(H,35,36,37);4-5,9-10,16,19-20H,2-3,6-8,11-15,17H2,1H3,(H,32,38)(H,31,33,34)/t20-;17-;19-/m000/s1. The number of nitrogens with zero attached hydrogens (tertiary/aromatic N) is 14. The summed E-state index contributed by atoms with van der Waals surface area (Å²) in [7, 11) is 0. The van der Waals surface area contributed by atoms with E-state index in [0.717, 1.165) is 124 Å². The highest BCUT2D eigenvalue weighted by atomic mass is 35.5. The van der Waals surface area contributed by atoms with Crippen molar-refractivity contribution >= 4 is 58.4 Å². The van der Waals surface area contributed by atoms with Crippen molar-refractivity contribution in [3.8, 4) is 33.8 Å². The molecule has 7 fully saturated rings. The number of hydrogen-bond acceptors (Lipinski definition) is 15. The van der Waals surface area contributed by atoms with Gasteiger partial charge in [-0.05, 0) is 159 Å². The van der Waals surface area contributed by atoms with Gasteiger partial charge in [0.15, 0.2) is 17.1 Å². The van der Waals surface area contributed by atoms with Crippen molar-refractivity contribution in [2.75, 3.05) is 58.9 Å². The van der Waals surface area contributed by atoms with Gasteiger partial charge in [-0.15, -0.1) is 20.4 Å². The second kappa shape index (κ2) is 39.4. The Kier molecular flexibility index (Phi) is 29.1. The van der Waals surface area contributed by atoms with Gasteiger partial charge in [-0.3, -0.25) is 52.9 Å². The van der Waals surface area contributed by atoms with E-state index in [0.29, 0.717) is 109 Å². The van der Waals surface area contributed by atoms with Crippen LogP contribution in [0.5, 0.6) is 0 Å². The smallest absolute Gasteiger partial charge is 0.353 e. The molecule has 0 bridgehead atoms. The number of aromatic amines is 2. The maximum atomic E-state index is 13.9. The normalized spacial score (nSPS) is 19.6. The Hall–Kier alpha value is -8.50. The minimum absolute atomic E-state index is 0.0696. The van der Waals surface area contributed by atoms with Crippen LogP contribution >= 0.6 is 34.8 Å². The van der Waals surface area contributed by atoms with E-state index in [2.05, 4.69) is 61.7 Å². The van der Waals surface area contributed by atoms with Crippen LogP contribution in [0.2, 0.25) is 15.1 Å². The lowest BCUT2D eigenvalue weighted by Crippen LogP contribution is -2.47.